The Hall–Kier alpha value is -1.13. The molecule has 3 nitrogen and oxygen atoms in total. The molecule has 0 aliphatic rings. The van der Waals surface area contributed by atoms with Gasteiger partial charge in [-0.2, -0.15) is 5.10 Å². The molecule has 18 heavy (non-hydrogen) atoms. The highest BCUT2D eigenvalue weighted by Gasteiger charge is 2.08. The van der Waals surface area contributed by atoms with Crippen molar-refractivity contribution in [1.82, 2.24) is 14.8 Å². The third-order valence-corrected chi connectivity index (χ3v) is 3.22. The third kappa shape index (κ3) is 3.21. The number of benzene rings is 1. The quantitative estimate of drug-likeness (QED) is 0.864. The Morgan fingerprint density at radius 2 is 2.00 bits per heavy atom. The first-order chi connectivity index (χ1) is 8.56. The fraction of sp³-hybridized carbons (Fsp3) is 0.385. The average molecular weight is 282 g/mol. The molecular weight excluding hydrogens is 266 g/mol. The van der Waals surface area contributed by atoms with E-state index in [1.165, 1.54) is 5.56 Å². The van der Waals surface area contributed by atoms with Gasteiger partial charge in [0.25, 0.3) is 0 Å². The van der Waals surface area contributed by atoms with E-state index < -0.39 is 0 Å². The fourth-order valence-corrected chi connectivity index (χ4v) is 2.18. The first-order valence-corrected chi connectivity index (χ1v) is 6.73. The van der Waals surface area contributed by atoms with E-state index >= 15 is 0 Å². The van der Waals surface area contributed by atoms with Crippen LogP contribution in [0.5, 0.6) is 0 Å². The van der Waals surface area contributed by atoms with Crippen LogP contribution in [0.15, 0.2) is 24.3 Å². The minimum Gasteiger partial charge on any atom is -0.304 e. The maximum atomic E-state index is 5.88. The molecule has 0 radical (unpaired) electrons. The second kappa shape index (κ2) is 5.67. The van der Waals surface area contributed by atoms with Crippen LogP contribution in [0.25, 0.3) is 0 Å². The molecule has 0 aliphatic carbocycles. The lowest BCUT2D eigenvalue weighted by atomic mass is 10.1. The first kappa shape index (κ1) is 13.3. The van der Waals surface area contributed by atoms with Gasteiger partial charge in [-0.3, -0.25) is 5.10 Å². The lowest BCUT2D eigenvalue weighted by Crippen LogP contribution is -2.09. The summed E-state index contributed by atoms with van der Waals surface area (Å²) in [5.74, 6) is 1.51. The molecule has 0 bridgehead atoms. The Kier molecular flexibility index (Phi) is 4.19. The van der Waals surface area contributed by atoms with Crippen molar-refractivity contribution in [3.05, 3.63) is 45.4 Å². The van der Waals surface area contributed by atoms with Crippen LogP contribution < -0.4 is 0 Å². The van der Waals surface area contributed by atoms with Gasteiger partial charge in [-0.05, 0) is 35.8 Å². The number of hydrogen-bond donors (Lipinski definition) is 1. The van der Waals surface area contributed by atoms with Gasteiger partial charge in [0.1, 0.15) is 5.82 Å². The molecule has 0 atom stereocenters. The van der Waals surface area contributed by atoms with Gasteiger partial charge in [-0.25, -0.2) is 0 Å². The zero-order chi connectivity index (χ0) is 13.1. The number of nitrogens with one attached hydrogen (secondary N) is 1. The third-order valence-electron chi connectivity index (χ3n) is 2.66. The van der Waals surface area contributed by atoms with Gasteiger partial charge < -0.3 is 4.57 Å². The molecule has 2 rings (SSSR count). The molecular formula is C13H16ClN3S. The van der Waals surface area contributed by atoms with Crippen molar-refractivity contribution >= 4 is 23.8 Å². The van der Waals surface area contributed by atoms with Gasteiger partial charge in [0.2, 0.25) is 0 Å². The molecule has 1 aromatic carbocycles. The van der Waals surface area contributed by atoms with Crippen LogP contribution in [0.2, 0.25) is 5.02 Å². The van der Waals surface area contributed by atoms with Gasteiger partial charge in [0, 0.05) is 18.0 Å². The van der Waals surface area contributed by atoms with E-state index in [0.29, 0.717) is 10.7 Å². The topological polar surface area (TPSA) is 33.6 Å². The SMILES string of the molecule is CC(C)Cn1c(Cc2ccc(Cl)cc2)n[nH]c1=S. The summed E-state index contributed by atoms with van der Waals surface area (Å²) < 4.78 is 2.75. The van der Waals surface area contributed by atoms with Crippen molar-refractivity contribution in [3.63, 3.8) is 0 Å². The number of hydrogen-bond acceptors (Lipinski definition) is 2. The van der Waals surface area contributed by atoms with Crippen LogP contribution in [-0.2, 0) is 13.0 Å². The maximum absolute atomic E-state index is 5.88. The summed E-state index contributed by atoms with van der Waals surface area (Å²) in [4.78, 5) is 0. The molecule has 0 fully saturated rings. The molecule has 0 unspecified atom stereocenters. The van der Waals surface area contributed by atoms with E-state index in [1.54, 1.807) is 0 Å². The highest BCUT2D eigenvalue weighted by molar-refractivity contribution is 7.71. The summed E-state index contributed by atoms with van der Waals surface area (Å²) in [7, 11) is 0. The minimum absolute atomic E-state index is 0.540. The van der Waals surface area contributed by atoms with Gasteiger partial charge in [-0.1, -0.05) is 37.6 Å². The fourth-order valence-electron chi connectivity index (χ4n) is 1.82. The van der Waals surface area contributed by atoms with Gasteiger partial charge >= 0.3 is 0 Å². The summed E-state index contributed by atoms with van der Waals surface area (Å²) in [5.41, 5.74) is 1.18. The summed E-state index contributed by atoms with van der Waals surface area (Å²) >= 11 is 11.1. The molecule has 5 heteroatoms. The molecule has 0 spiro atoms. The number of nitrogens with zero attached hydrogens (tertiary/aromatic N) is 2. The molecule has 96 valence electrons. The van der Waals surface area contributed by atoms with Crippen molar-refractivity contribution in [2.45, 2.75) is 26.8 Å². The van der Waals surface area contributed by atoms with Crippen LogP contribution in [0.4, 0.5) is 0 Å². The molecule has 0 saturated heterocycles. The monoisotopic (exact) mass is 281 g/mol. The van der Waals surface area contributed by atoms with Crippen LogP contribution >= 0.6 is 23.8 Å². The number of halogens is 1. The zero-order valence-corrected chi connectivity index (χ0v) is 12.1. The highest BCUT2D eigenvalue weighted by atomic mass is 35.5. The van der Waals surface area contributed by atoms with E-state index in [0.717, 1.165) is 23.8 Å². The van der Waals surface area contributed by atoms with Gasteiger partial charge in [0.05, 0.1) is 0 Å². The Balaban J connectivity index is 2.23. The Labute approximate surface area is 117 Å². The number of H-pyrrole nitrogens is 1. The molecule has 0 saturated carbocycles. The summed E-state index contributed by atoms with van der Waals surface area (Å²) in [6.45, 7) is 5.22. The highest BCUT2D eigenvalue weighted by Crippen LogP contribution is 2.13. The second-order valence-corrected chi connectivity index (χ2v) is 5.58. The minimum atomic E-state index is 0.540. The van der Waals surface area contributed by atoms with Crippen molar-refractivity contribution in [2.24, 2.45) is 5.92 Å². The Bertz CT molecular complexity index is 569. The normalized spacial score (nSPS) is 11.1. The van der Waals surface area contributed by atoms with E-state index in [1.807, 2.05) is 24.3 Å². The van der Waals surface area contributed by atoms with Crippen molar-refractivity contribution in [3.8, 4) is 0 Å². The summed E-state index contributed by atoms with van der Waals surface area (Å²) in [6.07, 6.45) is 0.761. The van der Waals surface area contributed by atoms with Crippen LogP contribution in [0, 0.1) is 10.7 Å². The number of rotatable bonds is 4. The standard InChI is InChI=1S/C13H16ClN3S/c1-9(2)8-17-12(15-16-13(17)18)7-10-3-5-11(14)6-4-10/h3-6,9H,7-8H2,1-2H3,(H,16,18). The predicted octanol–water partition coefficient (Wildman–Crippen LogP) is 3.84. The lowest BCUT2D eigenvalue weighted by Gasteiger charge is -2.09. The first-order valence-electron chi connectivity index (χ1n) is 5.95. The van der Waals surface area contributed by atoms with Crippen LogP contribution in [-0.4, -0.2) is 14.8 Å². The maximum Gasteiger partial charge on any atom is 0.195 e. The predicted molar refractivity (Wildman–Crippen MR) is 76.5 cm³/mol. The Morgan fingerprint density at radius 3 is 2.61 bits per heavy atom. The molecule has 0 amide bonds. The van der Waals surface area contributed by atoms with E-state index in [2.05, 4.69) is 28.6 Å². The van der Waals surface area contributed by atoms with Gasteiger partial charge in [0.15, 0.2) is 4.77 Å². The number of aromatic nitrogens is 3. The largest absolute Gasteiger partial charge is 0.304 e. The molecule has 2 aromatic rings. The van der Waals surface area contributed by atoms with Crippen LogP contribution in [0.1, 0.15) is 25.2 Å². The molecule has 1 N–H and O–H groups in total. The molecule has 0 aliphatic heterocycles. The van der Waals surface area contributed by atoms with Crippen molar-refractivity contribution in [1.29, 1.82) is 0 Å². The van der Waals surface area contributed by atoms with Crippen molar-refractivity contribution in [2.75, 3.05) is 0 Å². The summed E-state index contributed by atoms with van der Waals surface area (Å²) in [6, 6.07) is 7.81. The second-order valence-electron chi connectivity index (χ2n) is 4.75. The van der Waals surface area contributed by atoms with Gasteiger partial charge in [-0.15, -0.1) is 0 Å². The smallest absolute Gasteiger partial charge is 0.195 e. The number of aromatic amines is 1. The summed E-state index contributed by atoms with van der Waals surface area (Å²) in [5, 5.41) is 7.91. The lowest BCUT2D eigenvalue weighted by molar-refractivity contribution is 0.505. The Morgan fingerprint density at radius 1 is 1.33 bits per heavy atom. The van der Waals surface area contributed by atoms with E-state index in [4.69, 9.17) is 23.8 Å². The zero-order valence-electron chi connectivity index (χ0n) is 10.5. The molecule has 1 aromatic heterocycles. The van der Waals surface area contributed by atoms with E-state index in [-0.39, 0.29) is 0 Å². The van der Waals surface area contributed by atoms with Crippen LogP contribution in [0.3, 0.4) is 0 Å². The van der Waals surface area contributed by atoms with E-state index in [9.17, 15) is 0 Å². The average Bonchev–Trinajstić information content (AvgIpc) is 2.64. The van der Waals surface area contributed by atoms with Crippen molar-refractivity contribution < 1.29 is 0 Å². The molecule has 1 heterocycles.